The molecule has 0 aliphatic carbocycles. The smallest absolute Gasteiger partial charge is 0.338 e. The first-order valence-corrected chi connectivity index (χ1v) is 12.7. The predicted molar refractivity (Wildman–Crippen MR) is 125 cm³/mol. The highest BCUT2D eigenvalue weighted by molar-refractivity contribution is 7.89. The fourth-order valence-electron chi connectivity index (χ4n) is 3.78. The van der Waals surface area contributed by atoms with Gasteiger partial charge in [-0.1, -0.05) is 51.0 Å². The molecule has 0 spiro atoms. The maximum Gasteiger partial charge on any atom is 0.338 e. The Hall–Kier alpha value is -2.71. The van der Waals surface area contributed by atoms with Crippen molar-refractivity contribution in [2.24, 2.45) is 0 Å². The second-order valence-corrected chi connectivity index (χ2v) is 10.4. The van der Waals surface area contributed by atoms with Crippen LogP contribution in [0.4, 0.5) is 0 Å². The number of nitrogens with zero attached hydrogens (tertiary/aromatic N) is 1. The van der Waals surface area contributed by atoms with Crippen LogP contribution >= 0.6 is 0 Å². The average Bonchev–Trinajstić information content (AvgIpc) is 3.12. The van der Waals surface area contributed by atoms with Crippen molar-refractivity contribution in [2.45, 2.75) is 50.3 Å². The van der Waals surface area contributed by atoms with Crippen LogP contribution in [0.1, 0.15) is 71.7 Å². The van der Waals surface area contributed by atoms with Crippen molar-refractivity contribution in [3.8, 4) is 5.75 Å². The number of ether oxygens (including phenoxy) is 2. The molecular weight excluding hydrogens is 442 g/mol. The molecule has 0 N–H and O–H groups in total. The molecule has 8 heteroatoms. The van der Waals surface area contributed by atoms with Crippen molar-refractivity contribution in [1.29, 1.82) is 0 Å². The van der Waals surface area contributed by atoms with Crippen LogP contribution in [0.25, 0.3) is 0 Å². The Kier molecular flexibility index (Phi) is 8.26. The van der Waals surface area contributed by atoms with E-state index >= 15 is 0 Å². The molecule has 2 aromatic carbocycles. The molecule has 0 bridgehead atoms. The number of rotatable bonds is 8. The molecule has 0 amide bonds. The molecular formula is C25H31NO6S. The van der Waals surface area contributed by atoms with Crippen molar-refractivity contribution < 1.29 is 27.5 Å². The van der Waals surface area contributed by atoms with Crippen molar-refractivity contribution in [3.63, 3.8) is 0 Å². The van der Waals surface area contributed by atoms with Crippen LogP contribution in [0.5, 0.6) is 5.75 Å². The topological polar surface area (TPSA) is 90.0 Å². The van der Waals surface area contributed by atoms with E-state index in [9.17, 15) is 18.0 Å². The third kappa shape index (κ3) is 6.00. The maximum atomic E-state index is 13.3. The van der Waals surface area contributed by atoms with E-state index in [2.05, 4.69) is 13.8 Å². The summed E-state index contributed by atoms with van der Waals surface area (Å²) in [4.78, 5) is 25.0. The molecule has 1 heterocycles. The Morgan fingerprint density at radius 2 is 1.55 bits per heavy atom. The summed E-state index contributed by atoms with van der Waals surface area (Å²) in [5, 5.41) is 0. The lowest BCUT2D eigenvalue weighted by Crippen LogP contribution is -2.32. The number of methoxy groups -OCH3 is 1. The fourth-order valence-corrected chi connectivity index (χ4v) is 5.48. The molecule has 3 rings (SSSR count). The molecule has 1 aliphatic heterocycles. The second-order valence-electron chi connectivity index (χ2n) is 8.46. The molecule has 1 saturated heterocycles. The Morgan fingerprint density at radius 3 is 2.12 bits per heavy atom. The van der Waals surface area contributed by atoms with Gasteiger partial charge >= 0.3 is 5.97 Å². The molecule has 0 aromatic heterocycles. The molecule has 7 nitrogen and oxygen atoms in total. The zero-order chi connectivity index (χ0) is 24.0. The van der Waals surface area contributed by atoms with Gasteiger partial charge in [-0.2, -0.15) is 4.31 Å². The van der Waals surface area contributed by atoms with Crippen LogP contribution in [0.15, 0.2) is 47.4 Å². The lowest BCUT2D eigenvalue weighted by Gasteiger charge is -2.21. The Bertz CT molecular complexity index is 1080. The highest BCUT2D eigenvalue weighted by Gasteiger charge is 2.29. The van der Waals surface area contributed by atoms with E-state index < -0.39 is 22.6 Å². The van der Waals surface area contributed by atoms with Gasteiger partial charge in [-0.05, 0) is 42.5 Å². The third-order valence-corrected chi connectivity index (χ3v) is 7.74. The molecule has 0 saturated carbocycles. The van der Waals surface area contributed by atoms with Gasteiger partial charge in [-0.15, -0.1) is 0 Å². The summed E-state index contributed by atoms with van der Waals surface area (Å²) in [5.41, 5.74) is 1.61. The quantitative estimate of drug-likeness (QED) is 0.416. The minimum Gasteiger partial charge on any atom is -0.495 e. The first kappa shape index (κ1) is 24.9. The Morgan fingerprint density at radius 1 is 0.939 bits per heavy atom. The van der Waals surface area contributed by atoms with Crippen molar-refractivity contribution in [1.82, 2.24) is 4.31 Å². The summed E-state index contributed by atoms with van der Waals surface area (Å²) in [7, 11) is -2.45. The van der Waals surface area contributed by atoms with Gasteiger partial charge in [-0.25, -0.2) is 13.2 Å². The van der Waals surface area contributed by atoms with Crippen LogP contribution in [-0.2, 0) is 14.8 Å². The van der Waals surface area contributed by atoms with E-state index in [0.717, 1.165) is 31.2 Å². The number of sulfonamides is 1. The first-order chi connectivity index (χ1) is 15.7. The summed E-state index contributed by atoms with van der Waals surface area (Å²) >= 11 is 0. The van der Waals surface area contributed by atoms with E-state index in [1.807, 2.05) is 12.1 Å². The number of hydrogen-bond donors (Lipinski definition) is 0. The first-order valence-electron chi connectivity index (χ1n) is 11.2. The van der Waals surface area contributed by atoms with Gasteiger partial charge in [0.25, 0.3) is 0 Å². The van der Waals surface area contributed by atoms with Crippen molar-refractivity contribution in [3.05, 3.63) is 59.2 Å². The van der Waals surface area contributed by atoms with Crippen LogP contribution in [0.2, 0.25) is 0 Å². The molecule has 33 heavy (non-hydrogen) atoms. The van der Waals surface area contributed by atoms with Crippen LogP contribution in [0.3, 0.4) is 0 Å². The molecule has 1 aliphatic rings. The van der Waals surface area contributed by atoms with Crippen LogP contribution in [0, 0.1) is 0 Å². The van der Waals surface area contributed by atoms with E-state index in [1.54, 1.807) is 12.1 Å². The molecule has 178 valence electrons. The van der Waals surface area contributed by atoms with E-state index in [4.69, 9.17) is 9.47 Å². The Balaban J connectivity index is 1.75. The van der Waals surface area contributed by atoms with Gasteiger partial charge in [0.15, 0.2) is 12.4 Å². The van der Waals surface area contributed by atoms with Gasteiger partial charge in [-0.3, -0.25) is 4.79 Å². The fraction of sp³-hybridized carbons (Fsp3) is 0.440. The van der Waals surface area contributed by atoms with Gasteiger partial charge in [0, 0.05) is 18.7 Å². The maximum absolute atomic E-state index is 13.3. The van der Waals surface area contributed by atoms with E-state index in [0.29, 0.717) is 24.6 Å². The van der Waals surface area contributed by atoms with Gasteiger partial charge in [0.05, 0.1) is 12.7 Å². The van der Waals surface area contributed by atoms with Gasteiger partial charge in [0.1, 0.15) is 10.6 Å². The lowest BCUT2D eigenvalue weighted by atomic mass is 10.0. The molecule has 0 atom stereocenters. The zero-order valence-corrected chi connectivity index (χ0v) is 20.2. The van der Waals surface area contributed by atoms with Crippen molar-refractivity contribution >= 4 is 21.8 Å². The summed E-state index contributed by atoms with van der Waals surface area (Å²) in [6, 6.07) is 11.3. The highest BCUT2D eigenvalue weighted by atomic mass is 32.2. The summed E-state index contributed by atoms with van der Waals surface area (Å²) < 4.78 is 38.4. The summed E-state index contributed by atoms with van der Waals surface area (Å²) in [6.45, 7) is 4.57. The second kappa shape index (κ2) is 10.9. The van der Waals surface area contributed by atoms with Crippen molar-refractivity contribution in [2.75, 3.05) is 26.8 Å². The molecule has 1 fully saturated rings. The normalized spacial score (nSPS) is 15.2. The largest absolute Gasteiger partial charge is 0.495 e. The number of carbonyl (C=O) groups is 2. The monoisotopic (exact) mass is 473 g/mol. The molecule has 2 aromatic rings. The minimum atomic E-state index is -3.84. The highest BCUT2D eigenvalue weighted by Crippen LogP contribution is 2.29. The minimum absolute atomic E-state index is 0.0483. The number of esters is 1. The van der Waals surface area contributed by atoms with Crippen LogP contribution < -0.4 is 4.74 Å². The molecule has 0 unspecified atom stereocenters. The lowest BCUT2D eigenvalue weighted by molar-refractivity contribution is 0.0474. The average molecular weight is 474 g/mol. The SMILES string of the molecule is COc1ccc(C(=O)OCC(=O)c2ccc(C(C)C)cc2)cc1S(=O)(=O)N1CCCCCC1. The third-order valence-electron chi connectivity index (χ3n) is 5.82. The zero-order valence-electron chi connectivity index (χ0n) is 19.4. The van der Waals surface area contributed by atoms with E-state index in [-0.39, 0.29) is 22.0 Å². The summed E-state index contributed by atoms with van der Waals surface area (Å²) in [5.74, 6) is -0.583. The van der Waals surface area contributed by atoms with Crippen LogP contribution in [-0.4, -0.2) is 51.3 Å². The Labute approximate surface area is 195 Å². The number of carbonyl (C=O) groups excluding carboxylic acids is 2. The number of ketones is 1. The number of Topliss-reactive ketones (excluding diaryl/α,β-unsaturated/α-hetero) is 1. The van der Waals surface area contributed by atoms with E-state index in [1.165, 1.54) is 29.6 Å². The molecule has 0 radical (unpaired) electrons. The standard InChI is InChI=1S/C25H31NO6S/c1-18(2)19-8-10-20(11-9-19)22(27)17-32-25(28)21-12-13-23(31-3)24(16-21)33(29,30)26-14-6-4-5-7-15-26/h8-13,16,18H,4-7,14-15,17H2,1-3H3. The van der Waals surface area contributed by atoms with Gasteiger partial charge < -0.3 is 9.47 Å². The number of hydrogen-bond acceptors (Lipinski definition) is 6. The summed E-state index contributed by atoms with van der Waals surface area (Å²) in [6.07, 6.45) is 3.57. The van der Waals surface area contributed by atoms with Gasteiger partial charge in [0.2, 0.25) is 10.0 Å². The predicted octanol–water partition coefficient (Wildman–Crippen LogP) is 4.42. The number of benzene rings is 2.